The lowest BCUT2D eigenvalue weighted by molar-refractivity contribution is -0.137. The van der Waals surface area contributed by atoms with Crippen molar-refractivity contribution in [2.24, 2.45) is 5.92 Å². The van der Waals surface area contributed by atoms with Crippen LogP contribution in [0.3, 0.4) is 0 Å². The van der Waals surface area contributed by atoms with Crippen molar-refractivity contribution >= 4 is 21.9 Å². The third-order valence-corrected chi connectivity index (χ3v) is 6.25. The van der Waals surface area contributed by atoms with Gasteiger partial charge in [-0.3, -0.25) is 9.59 Å². The van der Waals surface area contributed by atoms with Gasteiger partial charge in [0.2, 0.25) is 10.0 Å². The summed E-state index contributed by atoms with van der Waals surface area (Å²) >= 11 is 0. The fourth-order valence-corrected chi connectivity index (χ4v) is 4.47. The summed E-state index contributed by atoms with van der Waals surface area (Å²) in [7, 11) is -2.03. The summed E-state index contributed by atoms with van der Waals surface area (Å²) in [5.74, 6) is -0.971. The number of hydrogen-bond acceptors (Lipinski definition) is 4. The van der Waals surface area contributed by atoms with Crippen molar-refractivity contribution in [1.29, 1.82) is 0 Å². The zero-order chi connectivity index (χ0) is 18.6. The molecule has 2 rings (SSSR count). The molecular formula is C17H24N2O5S. The molecule has 1 heterocycles. The molecule has 1 aliphatic heterocycles. The van der Waals surface area contributed by atoms with Crippen LogP contribution in [0.1, 0.15) is 36.5 Å². The molecule has 1 aromatic carbocycles. The average molecular weight is 368 g/mol. The standard InChI is InChI=1S/C17H24N2O5S/c1-13-4-3-10-19(12-13)25(23,24)15-7-5-14(6-8-15)17(22)18(2)11-9-16(20)21/h5-8,13H,3-4,9-12H2,1-2H3,(H,20,21). The smallest absolute Gasteiger partial charge is 0.305 e. The van der Waals surface area contributed by atoms with E-state index in [9.17, 15) is 18.0 Å². The summed E-state index contributed by atoms with van der Waals surface area (Å²) in [6.07, 6.45) is 1.75. The fraction of sp³-hybridized carbons (Fsp3) is 0.529. The van der Waals surface area contributed by atoms with Gasteiger partial charge in [-0.15, -0.1) is 0 Å². The molecule has 1 aromatic rings. The minimum Gasteiger partial charge on any atom is -0.481 e. The van der Waals surface area contributed by atoms with Gasteiger partial charge in [0.05, 0.1) is 11.3 Å². The molecule has 0 radical (unpaired) electrons. The molecule has 0 aliphatic carbocycles. The molecule has 0 spiro atoms. The second kappa shape index (κ2) is 7.97. The van der Waals surface area contributed by atoms with Gasteiger partial charge in [-0.2, -0.15) is 4.31 Å². The zero-order valence-corrected chi connectivity index (χ0v) is 15.3. The Morgan fingerprint density at radius 1 is 1.28 bits per heavy atom. The number of carboxylic acid groups (broad SMARTS) is 1. The quantitative estimate of drug-likeness (QED) is 0.824. The van der Waals surface area contributed by atoms with Crippen molar-refractivity contribution in [2.45, 2.75) is 31.1 Å². The highest BCUT2D eigenvalue weighted by atomic mass is 32.2. The number of piperidine rings is 1. The first-order valence-electron chi connectivity index (χ1n) is 8.29. The average Bonchev–Trinajstić information content (AvgIpc) is 2.59. The molecular weight excluding hydrogens is 344 g/mol. The predicted octanol–water partition coefficient (Wildman–Crippen LogP) is 1.65. The number of hydrogen-bond donors (Lipinski definition) is 1. The molecule has 1 N–H and O–H groups in total. The van der Waals surface area contributed by atoms with Crippen molar-refractivity contribution in [3.8, 4) is 0 Å². The number of carbonyl (C=O) groups is 2. The Bertz CT molecular complexity index is 730. The van der Waals surface area contributed by atoms with E-state index < -0.39 is 16.0 Å². The van der Waals surface area contributed by atoms with Crippen molar-refractivity contribution in [3.63, 3.8) is 0 Å². The first-order valence-corrected chi connectivity index (χ1v) is 9.73. The third-order valence-electron chi connectivity index (χ3n) is 4.37. The number of benzene rings is 1. The fourth-order valence-electron chi connectivity index (χ4n) is 2.87. The van der Waals surface area contributed by atoms with Crippen molar-refractivity contribution in [1.82, 2.24) is 9.21 Å². The summed E-state index contributed by atoms with van der Waals surface area (Å²) in [5, 5.41) is 8.67. The lowest BCUT2D eigenvalue weighted by Gasteiger charge is -2.30. The molecule has 1 unspecified atom stereocenters. The molecule has 7 nitrogen and oxygen atoms in total. The molecule has 1 saturated heterocycles. The monoisotopic (exact) mass is 368 g/mol. The van der Waals surface area contributed by atoms with E-state index in [1.807, 2.05) is 6.92 Å². The highest BCUT2D eigenvalue weighted by Crippen LogP contribution is 2.23. The number of amides is 1. The Morgan fingerprint density at radius 3 is 2.48 bits per heavy atom. The van der Waals surface area contributed by atoms with Crippen LogP contribution in [0, 0.1) is 5.92 Å². The van der Waals surface area contributed by atoms with Gasteiger partial charge in [0, 0.05) is 32.2 Å². The van der Waals surface area contributed by atoms with Crippen LogP contribution in [0.15, 0.2) is 29.2 Å². The highest BCUT2D eigenvalue weighted by molar-refractivity contribution is 7.89. The predicted molar refractivity (Wildman–Crippen MR) is 92.8 cm³/mol. The van der Waals surface area contributed by atoms with E-state index >= 15 is 0 Å². The Hall–Kier alpha value is -1.93. The van der Waals surface area contributed by atoms with Gasteiger partial charge in [-0.1, -0.05) is 6.92 Å². The number of carbonyl (C=O) groups excluding carboxylic acids is 1. The van der Waals surface area contributed by atoms with Crippen LogP contribution in [0.4, 0.5) is 0 Å². The number of aliphatic carboxylic acids is 1. The Balaban J connectivity index is 2.10. The molecule has 0 aromatic heterocycles. The van der Waals surface area contributed by atoms with Crippen LogP contribution in [0.5, 0.6) is 0 Å². The van der Waals surface area contributed by atoms with E-state index in [2.05, 4.69) is 0 Å². The molecule has 1 amide bonds. The Kier molecular flexibility index (Phi) is 6.18. The second-order valence-corrected chi connectivity index (χ2v) is 8.44. The van der Waals surface area contributed by atoms with Gasteiger partial charge in [-0.25, -0.2) is 8.42 Å². The molecule has 138 valence electrons. The Labute approximate surface area is 148 Å². The van der Waals surface area contributed by atoms with Gasteiger partial charge in [0.25, 0.3) is 5.91 Å². The SMILES string of the molecule is CC1CCCN(S(=O)(=O)c2ccc(C(=O)N(C)CCC(=O)O)cc2)C1. The van der Waals surface area contributed by atoms with Gasteiger partial charge in [0.1, 0.15) is 0 Å². The van der Waals surface area contributed by atoms with Crippen LogP contribution in [-0.2, 0) is 14.8 Å². The number of nitrogens with zero attached hydrogens (tertiary/aromatic N) is 2. The van der Waals surface area contributed by atoms with Gasteiger partial charge < -0.3 is 10.0 Å². The van der Waals surface area contributed by atoms with E-state index in [0.717, 1.165) is 12.8 Å². The van der Waals surface area contributed by atoms with Crippen LogP contribution in [0.2, 0.25) is 0 Å². The van der Waals surface area contributed by atoms with E-state index in [1.54, 1.807) is 0 Å². The molecule has 25 heavy (non-hydrogen) atoms. The zero-order valence-electron chi connectivity index (χ0n) is 14.5. The van der Waals surface area contributed by atoms with Crippen molar-refractivity contribution in [3.05, 3.63) is 29.8 Å². The van der Waals surface area contributed by atoms with Crippen LogP contribution in [0.25, 0.3) is 0 Å². The van der Waals surface area contributed by atoms with E-state index in [0.29, 0.717) is 24.6 Å². The molecule has 0 bridgehead atoms. The summed E-state index contributed by atoms with van der Waals surface area (Å²) in [4.78, 5) is 24.3. The minimum atomic E-state index is -3.55. The highest BCUT2D eigenvalue weighted by Gasteiger charge is 2.28. The van der Waals surface area contributed by atoms with Crippen molar-refractivity contribution in [2.75, 3.05) is 26.7 Å². The molecule has 1 fully saturated rings. The maximum absolute atomic E-state index is 12.7. The first kappa shape index (κ1) is 19.4. The largest absolute Gasteiger partial charge is 0.481 e. The molecule has 1 atom stereocenters. The molecule has 8 heteroatoms. The maximum atomic E-state index is 12.7. The lowest BCUT2D eigenvalue weighted by atomic mass is 10.0. The summed E-state index contributed by atoms with van der Waals surface area (Å²) in [6, 6.07) is 5.82. The second-order valence-electron chi connectivity index (χ2n) is 6.51. The number of carboxylic acids is 1. The van der Waals surface area contributed by atoms with E-state index in [1.165, 1.54) is 40.5 Å². The van der Waals surface area contributed by atoms with Crippen molar-refractivity contribution < 1.29 is 23.1 Å². The topological polar surface area (TPSA) is 95.0 Å². The van der Waals surface area contributed by atoms with Crippen LogP contribution >= 0.6 is 0 Å². The van der Waals surface area contributed by atoms with Gasteiger partial charge in [0.15, 0.2) is 0 Å². The summed E-state index contributed by atoms with van der Waals surface area (Å²) in [5.41, 5.74) is 0.332. The summed E-state index contributed by atoms with van der Waals surface area (Å²) in [6.45, 7) is 3.17. The van der Waals surface area contributed by atoms with Gasteiger partial charge in [-0.05, 0) is 43.0 Å². The van der Waals surface area contributed by atoms with Gasteiger partial charge >= 0.3 is 5.97 Å². The Morgan fingerprint density at radius 2 is 1.92 bits per heavy atom. The van der Waals surface area contributed by atoms with Crippen LogP contribution < -0.4 is 0 Å². The maximum Gasteiger partial charge on any atom is 0.305 e. The summed E-state index contributed by atoms with van der Waals surface area (Å²) < 4.78 is 26.9. The minimum absolute atomic E-state index is 0.0971. The molecule has 0 saturated carbocycles. The number of rotatable bonds is 6. The lowest BCUT2D eigenvalue weighted by Crippen LogP contribution is -2.39. The first-order chi connectivity index (χ1) is 11.7. The molecule has 1 aliphatic rings. The normalized spacial score (nSPS) is 18.7. The number of sulfonamides is 1. The third kappa shape index (κ3) is 4.79. The van der Waals surface area contributed by atoms with E-state index in [-0.39, 0.29) is 23.8 Å². The van der Waals surface area contributed by atoms with Crippen LogP contribution in [-0.4, -0.2) is 61.3 Å². The van der Waals surface area contributed by atoms with E-state index in [4.69, 9.17) is 5.11 Å².